The van der Waals surface area contributed by atoms with Crippen LogP contribution in [0.4, 0.5) is 0 Å². The van der Waals surface area contributed by atoms with Gasteiger partial charge in [0.2, 0.25) is 0 Å². The van der Waals surface area contributed by atoms with Gasteiger partial charge in [0.25, 0.3) is 0 Å². The molecule has 0 saturated carbocycles. The Bertz CT molecular complexity index is 892. The molecule has 3 heterocycles. The van der Waals surface area contributed by atoms with Gasteiger partial charge in [0, 0.05) is 19.5 Å². The first kappa shape index (κ1) is 34.1. The van der Waals surface area contributed by atoms with Gasteiger partial charge in [-0.05, 0) is 54.4 Å². The van der Waals surface area contributed by atoms with Crippen molar-refractivity contribution in [2.24, 2.45) is 5.92 Å². The van der Waals surface area contributed by atoms with Crippen molar-refractivity contribution in [3.63, 3.8) is 0 Å². The van der Waals surface area contributed by atoms with Gasteiger partial charge in [-0.2, -0.15) is 0 Å². The molecule has 0 aliphatic carbocycles. The largest absolute Gasteiger partial charge is 0.140 e. The first-order valence-electron chi connectivity index (χ1n) is 17.8. The van der Waals surface area contributed by atoms with E-state index in [1.807, 2.05) is 10.4 Å². The van der Waals surface area contributed by atoms with Crippen LogP contribution in [0.1, 0.15) is 165 Å². The summed E-state index contributed by atoms with van der Waals surface area (Å²) >= 11 is 4.22. The number of thiophene rings is 2. The molecule has 1 atom stereocenters. The molecule has 0 radical (unpaired) electrons. The highest BCUT2D eigenvalue weighted by molar-refractivity contribution is 7.29. The van der Waals surface area contributed by atoms with Gasteiger partial charge in [-0.25, -0.2) is 0 Å². The topological polar surface area (TPSA) is 0 Å². The molecule has 0 saturated heterocycles. The van der Waals surface area contributed by atoms with Crippen molar-refractivity contribution in [2.75, 3.05) is 0 Å². The summed E-state index contributed by atoms with van der Waals surface area (Å²) in [7, 11) is -1.69. The molecule has 1 aliphatic rings. The van der Waals surface area contributed by atoms with Crippen LogP contribution in [-0.4, -0.2) is 8.07 Å². The fourth-order valence-corrected chi connectivity index (χ4v) is 17.1. The summed E-state index contributed by atoms with van der Waals surface area (Å²) in [6, 6.07) is 8.38. The van der Waals surface area contributed by atoms with Crippen molar-refractivity contribution >= 4 is 41.1 Å². The predicted molar refractivity (Wildman–Crippen MR) is 189 cm³/mol. The SMILES string of the molecule is CCCCCCCCCCCCCCC[Si]1(CC(CCCC)CCCCCC)c2cc(C)sc2-c2sc(C)cc21. The van der Waals surface area contributed by atoms with E-state index in [-0.39, 0.29) is 0 Å². The summed E-state index contributed by atoms with van der Waals surface area (Å²) in [6.07, 6.45) is 30.3. The minimum absolute atomic E-state index is 0.935. The van der Waals surface area contributed by atoms with Crippen molar-refractivity contribution in [2.45, 2.75) is 182 Å². The maximum Gasteiger partial charge on any atom is 0.122 e. The lowest BCUT2D eigenvalue weighted by Crippen LogP contribution is -2.55. The van der Waals surface area contributed by atoms with Crippen molar-refractivity contribution in [3.05, 3.63) is 21.9 Å². The Morgan fingerprint density at radius 3 is 1.40 bits per heavy atom. The van der Waals surface area contributed by atoms with Gasteiger partial charge in [0.1, 0.15) is 8.07 Å². The Hall–Kier alpha value is -0.383. The second-order valence-corrected chi connectivity index (χ2v) is 20.0. The van der Waals surface area contributed by atoms with Crippen molar-refractivity contribution < 1.29 is 0 Å². The fourth-order valence-electron chi connectivity index (χ4n) is 7.45. The summed E-state index contributed by atoms with van der Waals surface area (Å²) in [6.45, 7) is 11.8. The summed E-state index contributed by atoms with van der Waals surface area (Å²) in [5.74, 6) is 0.935. The lowest BCUT2D eigenvalue weighted by molar-refractivity contribution is 0.440. The molecular formula is C37H64S2Si. The zero-order chi connectivity index (χ0) is 28.6. The van der Waals surface area contributed by atoms with Gasteiger partial charge in [0.05, 0.1) is 0 Å². The van der Waals surface area contributed by atoms with Crippen LogP contribution in [-0.2, 0) is 0 Å². The molecule has 40 heavy (non-hydrogen) atoms. The molecule has 0 N–H and O–H groups in total. The standard InChI is InChI=1S/C37H64S2Si/c1-6-9-12-14-15-16-17-18-19-20-21-22-24-27-40(30-33(25-11-8-3)26-23-13-10-7-2)34-28-31(4)38-36(34)37-35(40)29-32(5)39-37/h28-29,33H,6-27,30H2,1-5H3. The number of hydrogen-bond donors (Lipinski definition) is 0. The summed E-state index contributed by atoms with van der Waals surface area (Å²) in [5, 5.41) is 3.73. The van der Waals surface area contributed by atoms with Crippen LogP contribution in [0.25, 0.3) is 9.75 Å². The molecule has 0 amide bonds. The van der Waals surface area contributed by atoms with Crippen LogP contribution in [0.3, 0.4) is 0 Å². The van der Waals surface area contributed by atoms with Crippen molar-refractivity contribution in [1.29, 1.82) is 0 Å². The average molecular weight is 601 g/mol. The third-order valence-electron chi connectivity index (χ3n) is 9.72. The number of hydrogen-bond acceptors (Lipinski definition) is 2. The van der Waals surface area contributed by atoms with Gasteiger partial charge < -0.3 is 0 Å². The molecular weight excluding hydrogens is 537 g/mol. The molecule has 3 rings (SSSR count). The van der Waals surface area contributed by atoms with Gasteiger partial charge in [-0.1, -0.05) is 156 Å². The molecule has 1 aliphatic heterocycles. The summed E-state index contributed by atoms with van der Waals surface area (Å²) < 4.78 is 0. The van der Waals surface area contributed by atoms with E-state index in [1.54, 1.807) is 19.5 Å². The maximum atomic E-state index is 2.67. The quantitative estimate of drug-likeness (QED) is 0.0830. The van der Waals surface area contributed by atoms with Crippen LogP contribution >= 0.6 is 22.7 Å². The highest BCUT2D eigenvalue weighted by Crippen LogP contribution is 2.44. The minimum Gasteiger partial charge on any atom is -0.140 e. The lowest BCUT2D eigenvalue weighted by Gasteiger charge is -2.33. The van der Waals surface area contributed by atoms with E-state index in [1.165, 1.54) is 147 Å². The summed E-state index contributed by atoms with van der Waals surface area (Å²) in [4.78, 5) is 6.51. The highest BCUT2D eigenvalue weighted by Gasteiger charge is 2.48. The van der Waals surface area contributed by atoms with Crippen molar-refractivity contribution in [3.8, 4) is 9.75 Å². The third kappa shape index (κ3) is 10.1. The maximum absolute atomic E-state index is 2.67. The Morgan fingerprint density at radius 1 is 0.525 bits per heavy atom. The van der Waals surface area contributed by atoms with Gasteiger partial charge in [-0.3, -0.25) is 0 Å². The van der Waals surface area contributed by atoms with Gasteiger partial charge in [0.15, 0.2) is 0 Å². The summed E-state index contributed by atoms with van der Waals surface area (Å²) in [5.41, 5.74) is 0. The Morgan fingerprint density at radius 2 is 0.925 bits per heavy atom. The average Bonchev–Trinajstić information content (AvgIpc) is 3.58. The second-order valence-electron chi connectivity index (χ2n) is 13.3. The smallest absolute Gasteiger partial charge is 0.122 e. The zero-order valence-corrected chi connectivity index (χ0v) is 29.9. The van der Waals surface area contributed by atoms with E-state index in [4.69, 9.17) is 0 Å². The van der Waals surface area contributed by atoms with E-state index in [0.717, 1.165) is 5.92 Å². The van der Waals surface area contributed by atoms with E-state index in [2.05, 4.69) is 69.4 Å². The van der Waals surface area contributed by atoms with E-state index < -0.39 is 8.07 Å². The molecule has 2 aromatic heterocycles. The van der Waals surface area contributed by atoms with E-state index >= 15 is 0 Å². The second kappa shape index (κ2) is 19.0. The Kier molecular flexibility index (Phi) is 16.2. The Balaban J connectivity index is 1.59. The number of aryl methyl sites for hydroxylation is 2. The molecule has 0 nitrogen and oxygen atoms in total. The third-order valence-corrected chi connectivity index (χ3v) is 17.7. The first-order chi connectivity index (χ1) is 19.6. The van der Waals surface area contributed by atoms with E-state index in [0.29, 0.717) is 0 Å². The monoisotopic (exact) mass is 600 g/mol. The van der Waals surface area contributed by atoms with Gasteiger partial charge >= 0.3 is 0 Å². The fraction of sp³-hybridized carbons (Fsp3) is 0.784. The van der Waals surface area contributed by atoms with Crippen LogP contribution < -0.4 is 10.4 Å². The van der Waals surface area contributed by atoms with E-state index in [9.17, 15) is 0 Å². The number of unbranched alkanes of at least 4 members (excludes halogenated alkanes) is 16. The highest BCUT2D eigenvalue weighted by atomic mass is 32.1. The van der Waals surface area contributed by atoms with Crippen molar-refractivity contribution in [1.82, 2.24) is 0 Å². The molecule has 0 aromatic carbocycles. The Labute approximate surface area is 259 Å². The lowest BCUT2D eigenvalue weighted by atomic mass is 9.97. The zero-order valence-electron chi connectivity index (χ0n) is 27.3. The molecule has 228 valence electrons. The molecule has 1 unspecified atom stereocenters. The van der Waals surface area contributed by atoms with Crippen LogP contribution in [0, 0.1) is 19.8 Å². The normalized spacial score (nSPS) is 14.5. The predicted octanol–water partition coefficient (Wildman–Crippen LogP) is 12.8. The minimum atomic E-state index is -1.69. The number of rotatable bonds is 24. The molecule has 0 bridgehead atoms. The van der Waals surface area contributed by atoms with Crippen LogP contribution in [0.5, 0.6) is 0 Å². The van der Waals surface area contributed by atoms with Crippen LogP contribution in [0.2, 0.25) is 12.1 Å². The van der Waals surface area contributed by atoms with Crippen LogP contribution in [0.15, 0.2) is 12.1 Å². The molecule has 0 fully saturated rings. The molecule has 0 spiro atoms. The molecule has 3 heteroatoms. The first-order valence-corrected chi connectivity index (χ1v) is 21.8. The van der Waals surface area contributed by atoms with Gasteiger partial charge in [-0.15, -0.1) is 22.7 Å². The number of fused-ring (bicyclic) bond motifs is 3. The molecule has 2 aromatic rings.